The fraction of sp³-hybridized carbons (Fsp3) is 0.222. The predicted octanol–water partition coefficient (Wildman–Crippen LogP) is 3.01. The van der Waals surface area contributed by atoms with Crippen LogP contribution in [0.2, 0.25) is 0 Å². The van der Waals surface area contributed by atoms with E-state index in [1.54, 1.807) is 0 Å². The normalized spacial score (nSPS) is 24.6. The van der Waals surface area contributed by atoms with Gasteiger partial charge in [-0.1, -0.05) is 35.5 Å². The zero-order chi connectivity index (χ0) is 9.31. The van der Waals surface area contributed by atoms with Crippen LogP contribution in [-0.2, 0) is 0 Å². The third-order valence-electron chi connectivity index (χ3n) is 1.79. The summed E-state index contributed by atoms with van der Waals surface area (Å²) in [5.74, 6) is 0. The van der Waals surface area contributed by atoms with Gasteiger partial charge in [-0.05, 0) is 12.1 Å². The summed E-state index contributed by atoms with van der Waals surface area (Å²) < 4.78 is -0.668. The Labute approximate surface area is 85.9 Å². The summed E-state index contributed by atoms with van der Waals surface area (Å²) in [5, 5.41) is 11.7. The number of halogens is 1. The molecule has 1 heterocycles. The molecule has 2 rings (SSSR count). The van der Waals surface area contributed by atoms with E-state index in [9.17, 15) is 0 Å². The topological polar surface area (TPSA) is 35.8 Å². The van der Waals surface area contributed by atoms with Gasteiger partial charge in [0.25, 0.3) is 0 Å². The van der Waals surface area contributed by atoms with Crippen LogP contribution >= 0.6 is 23.4 Å². The standard InChI is InChI=1S/C9H7ClN2S/c10-9(5-6-11)12-7-3-1-2-4-8(7)13-9/h1-4,12H,5H2. The molecule has 0 aromatic heterocycles. The minimum Gasteiger partial charge on any atom is -0.356 e. The van der Waals surface area contributed by atoms with E-state index in [0.29, 0.717) is 0 Å². The van der Waals surface area contributed by atoms with Crippen molar-refractivity contribution >= 4 is 29.1 Å². The van der Waals surface area contributed by atoms with E-state index < -0.39 is 4.33 Å². The lowest BCUT2D eigenvalue weighted by molar-refractivity contribution is 0.938. The van der Waals surface area contributed by atoms with E-state index in [-0.39, 0.29) is 6.42 Å². The molecule has 0 aliphatic carbocycles. The summed E-state index contributed by atoms with van der Waals surface area (Å²) >= 11 is 7.66. The number of rotatable bonds is 1. The summed E-state index contributed by atoms with van der Waals surface area (Å²) in [7, 11) is 0. The molecule has 66 valence electrons. The Kier molecular flexibility index (Phi) is 2.10. The average molecular weight is 211 g/mol. The number of thioether (sulfide) groups is 1. The molecule has 1 aromatic carbocycles. The first-order valence-corrected chi connectivity index (χ1v) is 5.05. The Morgan fingerprint density at radius 1 is 1.54 bits per heavy atom. The smallest absolute Gasteiger partial charge is 0.177 e. The zero-order valence-electron chi connectivity index (χ0n) is 6.75. The number of nitrogens with zero attached hydrogens (tertiary/aromatic N) is 1. The van der Waals surface area contributed by atoms with Crippen molar-refractivity contribution in [3.05, 3.63) is 24.3 Å². The average Bonchev–Trinajstić information content (AvgIpc) is 2.40. The number of nitriles is 1. The van der Waals surface area contributed by atoms with Crippen LogP contribution in [0.4, 0.5) is 5.69 Å². The van der Waals surface area contributed by atoms with Crippen LogP contribution in [0.15, 0.2) is 29.2 Å². The molecule has 0 amide bonds. The van der Waals surface area contributed by atoms with Gasteiger partial charge in [0.15, 0.2) is 4.33 Å². The maximum atomic E-state index is 8.58. The molecule has 0 saturated heterocycles. The van der Waals surface area contributed by atoms with Crippen LogP contribution in [-0.4, -0.2) is 4.33 Å². The Hall–Kier alpha value is -0.850. The van der Waals surface area contributed by atoms with Gasteiger partial charge in [0, 0.05) is 10.6 Å². The second kappa shape index (κ2) is 3.13. The van der Waals surface area contributed by atoms with E-state index in [0.717, 1.165) is 10.6 Å². The molecule has 0 fully saturated rings. The third kappa shape index (κ3) is 1.60. The van der Waals surface area contributed by atoms with Gasteiger partial charge in [-0.25, -0.2) is 0 Å². The summed E-state index contributed by atoms with van der Waals surface area (Å²) in [6.45, 7) is 0. The molecule has 1 aromatic rings. The number of para-hydroxylation sites is 1. The number of nitrogens with one attached hydrogen (secondary N) is 1. The molecule has 0 radical (unpaired) electrons. The molecule has 2 nitrogen and oxygen atoms in total. The van der Waals surface area contributed by atoms with Gasteiger partial charge >= 0.3 is 0 Å². The van der Waals surface area contributed by atoms with Crippen molar-refractivity contribution in [2.45, 2.75) is 15.6 Å². The van der Waals surface area contributed by atoms with Crippen LogP contribution in [0.5, 0.6) is 0 Å². The van der Waals surface area contributed by atoms with Crippen molar-refractivity contribution in [2.24, 2.45) is 0 Å². The fourth-order valence-electron chi connectivity index (χ4n) is 1.24. The maximum Gasteiger partial charge on any atom is 0.177 e. The lowest BCUT2D eigenvalue weighted by atomic mass is 10.3. The Balaban J connectivity index is 2.27. The Morgan fingerprint density at radius 3 is 3.00 bits per heavy atom. The van der Waals surface area contributed by atoms with Gasteiger partial charge in [0.2, 0.25) is 0 Å². The summed E-state index contributed by atoms with van der Waals surface area (Å²) in [6, 6.07) is 9.93. The van der Waals surface area contributed by atoms with Crippen LogP contribution in [0.3, 0.4) is 0 Å². The van der Waals surface area contributed by atoms with Gasteiger partial charge < -0.3 is 5.32 Å². The summed E-state index contributed by atoms with van der Waals surface area (Å²) in [4.78, 5) is 1.10. The second-order valence-corrected chi connectivity index (χ2v) is 5.00. The van der Waals surface area contributed by atoms with Crippen LogP contribution in [0, 0.1) is 11.3 Å². The first kappa shape index (κ1) is 8.74. The lowest BCUT2D eigenvalue weighted by Crippen LogP contribution is -2.22. The SMILES string of the molecule is N#CCC1(Cl)Nc2ccccc2S1. The van der Waals surface area contributed by atoms with Gasteiger partial charge in [-0.3, -0.25) is 0 Å². The molecule has 1 unspecified atom stereocenters. The quantitative estimate of drug-likeness (QED) is 0.572. The molecular weight excluding hydrogens is 204 g/mol. The van der Waals surface area contributed by atoms with E-state index in [4.69, 9.17) is 16.9 Å². The zero-order valence-corrected chi connectivity index (χ0v) is 8.32. The van der Waals surface area contributed by atoms with Crippen LogP contribution < -0.4 is 5.32 Å². The van der Waals surface area contributed by atoms with E-state index in [2.05, 4.69) is 11.4 Å². The summed E-state index contributed by atoms with van der Waals surface area (Å²) in [5.41, 5.74) is 1.01. The highest BCUT2D eigenvalue weighted by molar-refractivity contribution is 8.02. The minimum absolute atomic E-state index is 0.286. The molecule has 4 heteroatoms. The second-order valence-electron chi connectivity index (χ2n) is 2.79. The van der Waals surface area contributed by atoms with Crippen molar-refractivity contribution in [1.82, 2.24) is 0 Å². The molecule has 0 bridgehead atoms. The van der Waals surface area contributed by atoms with Crippen molar-refractivity contribution < 1.29 is 0 Å². The van der Waals surface area contributed by atoms with Crippen LogP contribution in [0.1, 0.15) is 6.42 Å². The molecular formula is C9H7ClN2S. The maximum absolute atomic E-state index is 8.58. The number of anilines is 1. The predicted molar refractivity (Wildman–Crippen MR) is 54.7 cm³/mol. The van der Waals surface area contributed by atoms with Crippen molar-refractivity contribution in [3.63, 3.8) is 0 Å². The highest BCUT2D eigenvalue weighted by Gasteiger charge is 2.35. The van der Waals surface area contributed by atoms with Crippen LogP contribution in [0.25, 0.3) is 0 Å². The van der Waals surface area contributed by atoms with Gasteiger partial charge in [-0.15, -0.1) is 0 Å². The Morgan fingerprint density at radius 2 is 2.31 bits per heavy atom. The number of fused-ring (bicyclic) bond motifs is 1. The lowest BCUT2D eigenvalue weighted by Gasteiger charge is -2.16. The summed E-state index contributed by atoms with van der Waals surface area (Å²) in [6.07, 6.45) is 0.286. The highest BCUT2D eigenvalue weighted by Crippen LogP contribution is 2.48. The number of hydrogen-bond donors (Lipinski definition) is 1. The molecule has 1 aliphatic rings. The minimum atomic E-state index is -0.668. The molecule has 0 spiro atoms. The van der Waals surface area contributed by atoms with Gasteiger partial charge in [0.05, 0.1) is 12.5 Å². The Bertz CT molecular complexity index is 347. The molecule has 1 N–H and O–H groups in total. The highest BCUT2D eigenvalue weighted by atomic mass is 35.5. The van der Waals surface area contributed by atoms with Crippen molar-refractivity contribution in [2.75, 3.05) is 5.32 Å². The van der Waals surface area contributed by atoms with Gasteiger partial charge in [0.1, 0.15) is 0 Å². The first-order chi connectivity index (χ1) is 6.23. The number of alkyl halides is 1. The van der Waals surface area contributed by atoms with E-state index in [1.165, 1.54) is 11.8 Å². The molecule has 0 saturated carbocycles. The molecule has 1 atom stereocenters. The van der Waals surface area contributed by atoms with Crippen molar-refractivity contribution in [3.8, 4) is 6.07 Å². The fourth-order valence-corrected chi connectivity index (χ4v) is 2.67. The molecule has 1 aliphatic heterocycles. The monoisotopic (exact) mass is 210 g/mol. The largest absolute Gasteiger partial charge is 0.356 e. The van der Waals surface area contributed by atoms with Gasteiger partial charge in [-0.2, -0.15) is 5.26 Å². The number of benzene rings is 1. The van der Waals surface area contributed by atoms with Crippen molar-refractivity contribution in [1.29, 1.82) is 5.26 Å². The third-order valence-corrected chi connectivity index (χ3v) is 3.39. The number of hydrogen-bond acceptors (Lipinski definition) is 3. The molecule has 13 heavy (non-hydrogen) atoms. The first-order valence-electron chi connectivity index (χ1n) is 3.86. The van der Waals surface area contributed by atoms with E-state index in [1.807, 2.05) is 24.3 Å². The van der Waals surface area contributed by atoms with E-state index >= 15 is 0 Å².